The largest absolute Gasteiger partial charge is 0.496 e. The van der Waals surface area contributed by atoms with Gasteiger partial charge in [-0.3, -0.25) is 19.3 Å². The predicted molar refractivity (Wildman–Crippen MR) is 83.9 cm³/mol. The van der Waals surface area contributed by atoms with Crippen LogP contribution in [0.15, 0.2) is 24.3 Å². The summed E-state index contributed by atoms with van der Waals surface area (Å²) in [5, 5.41) is 2.61. The highest BCUT2D eigenvalue weighted by molar-refractivity contribution is 6.45. The van der Waals surface area contributed by atoms with E-state index in [1.165, 1.54) is 7.11 Å². The second-order valence-electron chi connectivity index (χ2n) is 5.53. The Hall–Kier alpha value is -2.90. The lowest BCUT2D eigenvalue weighted by Gasteiger charge is -2.18. The first kappa shape index (κ1) is 17.5. The van der Waals surface area contributed by atoms with Crippen molar-refractivity contribution in [2.45, 2.75) is 26.4 Å². The molecule has 1 aromatic rings. The number of hydrogen-bond acceptors (Lipinski definition) is 5. The molecule has 0 spiro atoms. The first-order valence-corrected chi connectivity index (χ1v) is 7.44. The lowest BCUT2D eigenvalue weighted by Crippen LogP contribution is -2.42. The number of imide groups is 2. The number of ether oxygens (including phenoxy) is 1. The van der Waals surface area contributed by atoms with Gasteiger partial charge in [0.15, 0.2) is 0 Å². The molecule has 8 nitrogen and oxygen atoms in total. The van der Waals surface area contributed by atoms with Crippen LogP contribution in [0.2, 0.25) is 0 Å². The molecule has 1 saturated heterocycles. The normalized spacial score (nSPS) is 14.6. The van der Waals surface area contributed by atoms with Crippen LogP contribution >= 0.6 is 0 Å². The molecular weight excluding hydrogens is 314 g/mol. The van der Waals surface area contributed by atoms with E-state index < -0.39 is 36.3 Å². The number of urea groups is 1. The molecule has 5 amide bonds. The van der Waals surface area contributed by atoms with Crippen molar-refractivity contribution in [1.82, 2.24) is 15.1 Å². The molecule has 24 heavy (non-hydrogen) atoms. The number of rotatable bonds is 6. The van der Waals surface area contributed by atoms with E-state index in [1.54, 1.807) is 38.1 Å². The monoisotopic (exact) mass is 333 g/mol. The first-order chi connectivity index (χ1) is 11.4. The van der Waals surface area contributed by atoms with E-state index in [4.69, 9.17) is 4.74 Å². The summed E-state index contributed by atoms with van der Waals surface area (Å²) in [6.45, 7) is 2.92. The van der Waals surface area contributed by atoms with Gasteiger partial charge in [0.2, 0.25) is 5.91 Å². The summed E-state index contributed by atoms with van der Waals surface area (Å²) in [5.41, 5.74) is 0.757. The summed E-state index contributed by atoms with van der Waals surface area (Å²) >= 11 is 0. The Bertz CT molecular complexity index is 686. The van der Waals surface area contributed by atoms with Gasteiger partial charge in [0, 0.05) is 18.2 Å². The van der Waals surface area contributed by atoms with Gasteiger partial charge in [-0.2, -0.15) is 0 Å². The van der Waals surface area contributed by atoms with Crippen LogP contribution in [0.3, 0.4) is 0 Å². The summed E-state index contributed by atoms with van der Waals surface area (Å²) in [6, 6.07) is 5.93. The third kappa shape index (κ3) is 3.37. The minimum atomic E-state index is -0.985. The molecule has 1 N–H and O–H groups in total. The fraction of sp³-hybridized carbons (Fsp3) is 0.375. The van der Waals surface area contributed by atoms with Crippen LogP contribution in [0.25, 0.3) is 0 Å². The molecule has 1 aliphatic rings. The molecule has 8 heteroatoms. The van der Waals surface area contributed by atoms with Crippen LogP contribution in [0, 0.1) is 0 Å². The molecule has 0 radical (unpaired) electrons. The molecule has 0 bridgehead atoms. The maximum absolute atomic E-state index is 12.1. The number of hydrogen-bond donors (Lipinski definition) is 1. The number of nitrogens with zero attached hydrogens (tertiary/aromatic N) is 2. The zero-order valence-corrected chi connectivity index (χ0v) is 13.7. The summed E-state index contributed by atoms with van der Waals surface area (Å²) in [6.07, 6.45) is 0. The molecule has 0 atom stereocenters. The molecule has 1 aliphatic heterocycles. The lowest BCUT2D eigenvalue weighted by molar-refractivity contribution is -0.144. The van der Waals surface area contributed by atoms with Crippen molar-refractivity contribution in [1.29, 1.82) is 0 Å². The van der Waals surface area contributed by atoms with Gasteiger partial charge in [-0.1, -0.05) is 18.2 Å². The highest BCUT2D eigenvalue weighted by Crippen LogP contribution is 2.17. The molecule has 1 fully saturated rings. The number of carbonyl (C=O) groups excluding carboxylic acids is 4. The molecule has 128 valence electrons. The number of amides is 5. The second-order valence-corrected chi connectivity index (χ2v) is 5.53. The van der Waals surface area contributed by atoms with E-state index in [9.17, 15) is 19.2 Å². The Balaban J connectivity index is 1.99. The smallest absolute Gasteiger partial charge is 0.334 e. The van der Waals surface area contributed by atoms with Crippen molar-refractivity contribution in [2.75, 3.05) is 13.7 Å². The van der Waals surface area contributed by atoms with Crippen LogP contribution in [-0.2, 0) is 20.9 Å². The summed E-state index contributed by atoms with van der Waals surface area (Å²) in [4.78, 5) is 49.2. The van der Waals surface area contributed by atoms with Crippen molar-refractivity contribution in [3.8, 4) is 5.75 Å². The highest BCUT2D eigenvalue weighted by atomic mass is 16.5. The Morgan fingerprint density at radius 2 is 1.83 bits per heavy atom. The number of nitrogens with one attached hydrogen (secondary N) is 1. The maximum Gasteiger partial charge on any atom is 0.334 e. The quantitative estimate of drug-likeness (QED) is 0.604. The average Bonchev–Trinajstić information content (AvgIpc) is 2.76. The molecular formula is C16H19N3O5. The lowest BCUT2D eigenvalue weighted by atomic mass is 10.2. The van der Waals surface area contributed by atoms with Crippen LogP contribution in [0.4, 0.5) is 4.79 Å². The van der Waals surface area contributed by atoms with Crippen molar-refractivity contribution in [3.05, 3.63) is 29.8 Å². The van der Waals surface area contributed by atoms with E-state index in [2.05, 4.69) is 5.32 Å². The Labute approximate surface area is 139 Å². The SMILES string of the molecule is COc1ccccc1CNC(=O)CN1C(=O)C(=O)N(C(C)C)C1=O. The van der Waals surface area contributed by atoms with Gasteiger partial charge < -0.3 is 10.1 Å². The molecule has 0 aliphatic carbocycles. The Morgan fingerprint density at radius 3 is 2.42 bits per heavy atom. The van der Waals surface area contributed by atoms with Gasteiger partial charge in [0.25, 0.3) is 0 Å². The van der Waals surface area contributed by atoms with E-state index >= 15 is 0 Å². The maximum atomic E-state index is 12.1. The van der Waals surface area contributed by atoms with Gasteiger partial charge in [0.1, 0.15) is 12.3 Å². The van der Waals surface area contributed by atoms with E-state index in [-0.39, 0.29) is 6.54 Å². The van der Waals surface area contributed by atoms with E-state index in [1.807, 2.05) is 0 Å². The van der Waals surface area contributed by atoms with Crippen LogP contribution in [-0.4, -0.2) is 53.2 Å². The van der Waals surface area contributed by atoms with E-state index in [0.29, 0.717) is 10.6 Å². The van der Waals surface area contributed by atoms with Gasteiger partial charge in [-0.25, -0.2) is 9.69 Å². The average molecular weight is 333 g/mol. The molecule has 0 unspecified atom stereocenters. The van der Waals surface area contributed by atoms with Crippen LogP contribution in [0.5, 0.6) is 5.75 Å². The van der Waals surface area contributed by atoms with Crippen LogP contribution in [0.1, 0.15) is 19.4 Å². The van der Waals surface area contributed by atoms with Crippen molar-refractivity contribution >= 4 is 23.8 Å². The topological polar surface area (TPSA) is 96.0 Å². The molecule has 1 aromatic carbocycles. The minimum absolute atomic E-state index is 0.181. The molecule has 0 aromatic heterocycles. The van der Waals surface area contributed by atoms with Crippen LogP contribution < -0.4 is 10.1 Å². The van der Waals surface area contributed by atoms with Crippen molar-refractivity contribution in [3.63, 3.8) is 0 Å². The summed E-state index contributed by atoms with van der Waals surface area (Å²) in [7, 11) is 1.52. The fourth-order valence-electron chi connectivity index (χ4n) is 2.36. The Morgan fingerprint density at radius 1 is 1.17 bits per heavy atom. The molecule has 2 rings (SSSR count). The van der Waals surface area contributed by atoms with Gasteiger partial charge in [-0.05, 0) is 19.9 Å². The minimum Gasteiger partial charge on any atom is -0.496 e. The van der Waals surface area contributed by atoms with Crippen molar-refractivity contribution < 1.29 is 23.9 Å². The second kappa shape index (κ2) is 7.12. The van der Waals surface area contributed by atoms with Gasteiger partial charge >= 0.3 is 17.8 Å². The van der Waals surface area contributed by atoms with Gasteiger partial charge in [-0.15, -0.1) is 0 Å². The predicted octanol–water partition coefficient (Wildman–Crippen LogP) is 0.511. The summed E-state index contributed by atoms with van der Waals surface area (Å²) in [5.74, 6) is -1.82. The standard InChI is InChI=1S/C16H19N3O5/c1-10(2)19-15(22)14(21)18(16(19)23)9-13(20)17-8-11-6-4-5-7-12(11)24-3/h4-7,10H,8-9H2,1-3H3,(H,17,20). The summed E-state index contributed by atoms with van der Waals surface area (Å²) < 4.78 is 5.18. The van der Waals surface area contributed by atoms with Gasteiger partial charge in [0.05, 0.1) is 7.11 Å². The third-order valence-corrected chi connectivity index (χ3v) is 3.57. The molecule has 1 heterocycles. The number of benzene rings is 1. The Kier molecular flexibility index (Phi) is 5.18. The number of methoxy groups -OCH3 is 1. The fourth-order valence-corrected chi connectivity index (χ4v) is 2.36. The number of para-hydroxylation sites is 1. The first-order valence-electron chi connectivity index (χ1n) is 7.44. The van der Waals surface area contributed by atoms with Crippen molar-refractivity contribution in [2.24, 2.45) is 0 Å². The molecule has 0 saturated carbocycles. The highest BCUT2D eigenvalue weighted by Gasteiger charge is 2.46. The van der Waals surface area contributed by atoms with E-state index in [0.717, 1.165) is 10.5 Å². The number of carbonyl (C=O) groups is 4. The third-order valence-electron chi connectivity index (χ3n) is 3.57. The zero-order chi connectivity index (χ0) is 17.9. The zero-order valence-electron chi connectivity index (χ0n) is 13.7.